The first-order valence-corrected chi connectivity index (χ1v) is 12.2. The standard InChI is InChI=1S/C25H28BrN3OS/c1-15(2)29-21-11-6-17(12-20(21)16(3)14-25(29,4)5)13-22-23(30)28-24(31-22)27-19-9-7-18(26)8-10-19/h6-13,15-16H,14H2,1-5H3,(H,27,28,30)/b22-13-. The van der Waals surface area contributed by atoms with Gasteiger partial charge in [-0.1, -0.05) is 28.9 Å². The van der Waals surface area contributed by atoms with Gasteiger partial charge in [0.25, 0.3) is 5.91 Å². The van der Waals surface area contributed by atoms with Crippen molar-refractivity contribution >= 4 is 56.2 Å². The van der Waals surface area contributed by atoms with E-state index in [0.29, 0.717) is 22.0 Å². The minimum Gasteiger partial charge on any atom is -0.364 e. The Labute approximate surface area is 197 Å². The van der Waals surface area contributed by atoms with Gasteiger partial charge in [0.15, 0.2) is 5.17 Å². The van der Waals surface area contributed by atoms with E-state index < -0.39 is 0 Å². The number of amidine groups is 1. The van der Waals surface area contributed by atoms with Crippen molar-refractivity contribution in [1.82, 2.24) is 5.32 Å². The van der Waals surface area contributed by atoms with Crippen LogP contribution in [0.15, 0.2) is 56.8 Å². The molecule has 6 heteroatoms. The van der Waals surface area contributed by atoms with Crippen molar-refractivity contribution < 1.29 is 4.79 Å². The van der Waals surface area contributed by atoms with Gasteiger partial charge in [0.2, 0.25) is 0 Å². The number of amides is 1. The van der Waals surface area contributed by atoms with Gasteiger partial charge in [0.1, 0.15) is 0 Å². The van der Waals surface area contributed by atoms with Gasteiger partial charge in [-0.2, -0.15) is 0 Å². The molecule has 0 bridgehead atoms. The molecule has 0 radical (unpaired) electrons. The smallest absolute Gasteiger partial charge is 0.264 e. The molecular weight excluding hydrogens is 470 g/mol. The number of halogens is 1. The minimum absolute atomic E-state index is 0.100. The Bertz CT molecular complexity index is 1070. The number of aliphatic imine (C=N–C) groups is 1. The lowest BCUT2D eigenvalue weighted by molar-refractivity contribution is -0.115. The van der Waals surface area contributed by atoms with Crippen molar-refractivity contribution in [3.8, 4) is 0 Å². The van der Waals surface area contributed by atoms with E-state index in [9.17, 15) is 4.79 Å². The number of thioether (sulfide) groups is 1. The van der Waals surface area contributed by atoms with E-state index in [2.05, 4.69) is 84.0 Å². The second-order valence-corrected chi connectivity index (χ2v) is 11.1. The maximum Gasteiger partial charge on any atom is 0.264 e. The fraction of sp³-hybridized carbons (Fsp3) is 0.360. The number of fused-ring (bicyclic) bond motifs is 1. The molecule has 1 amide bonds. The number of carbonyl (C=O) groups is 1. The number of benzene rings is 2. The van der Waals surface area contributed by atoms with Crippen LogP contribution in [0.25, 0.3) is 6.08 Å². The Hall–Kier alpha value is -2.05. The van der Waals surface area contributed by atoms with Gasteiger partial charge in [0, 0.05) is 21.7 Å². The first kappa shape index (κ1) is 22.2. The third-order valence-corrected chi connectivity index (χ3v) is 7.26. The van der Waals surface area contributed by atoms with Crippen LogP contribution in [0.2, 0.25) is 0 Å². The summed E-state index contributed by atoms with van der Waals surface area (Å²) < 4.78 is 1.00. The van der Waals surface area contributed by atoms with E-state index in [1.54, 1.807) is 0 Å². The number of nitrogens with one attached hydrogen (secondary N) is 1. The topological polar surface area (TPSA) is 44.7 Å². The van der Waals surface area contributed by atoms with Crippen LogP contribution in [0.3, 0.4) is 0 Å². The number of nitrogens with zero attached hydrogens (tertiary/aromatic N) is 2. The van der Waals surface area contributed by atoms with Crippen LogP contribution in [-0.4, -0.2) is 22.7 Å². The van der Waals surface area contributed by atoms with E-state index in [0.717, 1.165) is 22.1 Å². The fourth-order valence-electron chi connectivity index (χ4n) is 4.80. The molecule has 2 heterocycles. The predicted octanol–water partition coefficient (Wildman–Crippen LogP) is 6.84. The van der Waals surface area contributed by atoms with Crippen molar-refractivity contribution in [3.05, 3.63) is 63.0 Å². The quantitative estimate of drug-likeness (QED) is 0.471. The molecule has 0 saturated carbocycles. The minimum atomic E-state index is -0.100. The summed E-state index contributed by atoms with van der Waals surface area (Å²) in [6.45, 7) is 11.5. The highest BCUT2D eigenvalue weighted by atomic mass is 79.9. The summed E-state index contributed by atoms with van der Waals surface area (Å²) in [5, 5.41) is 3.49. The monoisotopic (exact) mass is 497 g/mol. The Morgan fingerprint density at radius 2 is 1.94 bits per heavy atom. The predicted molar refractivity (Wildman–Crippen MR) is 136 cm³/mol. The normalized spacial score (nSPS) is 22.9. The molecule has 1 atom stereocenters. The summed E-state index contributed by atoms with van der Waals surface area (Å²) in [7, 11) is 0. The largest absolute Gasteiger partial charge is 0.364 e. The molecule has 2 aliphatic rings. The number of rotatable bonds is 3. The van der Waals surface area contributed by atoms with E-state index in [1.807, 2.05) is 30.3 Å². The van der Waals surface area contributed by atoms with Crippen LogP contribution in [0, 0.1) is 0 Å². The molecule has 162 valence electrons. The summed E-state index contributed by atoms with van der Waals surface area (Å²) >= 11 is 4.81. The fourth-order valence-corrected chi connectivity index (χ4v) is 5.91. The molecule has 31 heavy (non-hydrogen) atoms. The maximum absolute atomic E-state index is 12.5. The molecule has 4 rings (SSSR count). The van der Waals surface area contributed by atoms with Crippen LogP contribution in [0.5, 0.6) is 0 Å². The zero-order valence-electron chi connectivity index (χ0n) is 18.6. The second-order valence-electron chi connectivity index (χ2n) is 9.16. The first-order chi connectivity index (χ1) is 14.6. The molecule has 0 aliphatic carbocycles. The lowest BCUT2D eigenvalue weighted by Crippen LogP contribution is -2.51. The van der Waals surface area contributed by atoms with Crippen LogP contribution in [-0.2, 0) is 4.79 Å². The van der Waals surface area contributed by atoms with Crippen LogP contribution < -0.4 is 10.2 Å². The molecular formula is C25H28BrN3OS. The highest BCUT2D eigenvalue weighted by Crippen LogP contribution is 2.45. The van der Waals surface area contributed by atoms with Gasteiger partial charge in [-0.25, -0.2) is 4.99 Å². The molecule has 0 aromatic heterocycles. The molecule has 0 spiro atoms. The van der Waals surface area contributed by atoms with Crippen molar-refractivity contribution in [2.45, 2.75) is 58.5 Å². The van der Waals surface area contributed by atoms with Crippen LogP contribution in [0.1, 0.15) is 58.1 Å². The van der Waals surface area contributed by atoms with Crippen molar-refractivity contribution in [3.63, 3.8) is 0 Å². The highest BCUT2D eigenvalue weighted by Gasteiger charge is 2.37. The molecule has 2 aromatic carbocycles. The average molecular weight is 498 g/mol. The Kier molecular flexibility index (Phi) is 6.05. The van der Waals surface area contributed by atoms with E-state index in [-0.39, 0.29) is 11.4 Å². The van der Waals surface area contributed by atoms with Crippen LogP contribution in [0.4, 0.5) is 11.4 Å². The Morgan fingerprint density at radius 1 is 1.23 bits per heavy atom. The SMILES string of the molecule is CC1CC(C)(C)N(C(C)C)c2ccc(/C=C3\SC(=Nc4ccc(Br)cc4)NC3=O)cc21. The van der Waals surface area contributed by atoms with Gasteiger partial charge < -0.3 is 10.2 Å². The van der Waals surface area contributed by atoms with E-state index in [1.165, 1.54) is 23.0 Å². The lowest BCUT2D eigenvalue weighted by Gasteiger charge is -2.50. The lowest BCUT2D eigenvalue weighted by atomic mass is 9.79. The maximum atomic E-state index is 12.5. The third-order valence-electron chi connectivity index (χ3n) is 5.82. The summed E-state index contributed by atoms with van der Waals surface area (Å²) in [6, 6.07) is 14.7. The van der Waals surface area contributed by atoms with Gasteiger partial charge in [-0.3, -0.25) is 4.79 Å². The number of anilines is 1. The van der Waals surface area contributed by atoms with Crippen molar-refractivity contribution in [2.24, 2.45) is 4.99 Å². The second kappa shape index (κ2) is 8.47. The Morgan fingerprint density at radius 3 is 2.61 bits per heavy atom. The molecule has 1 unspecified atom stereocenters. The van der Waals surface area contributed by atoms with Crippen molar-refractivity contribution in [1.29, 1.82) is 0 Å². The van der Waals surface area contributed by atoms with E-state index >= 15 is 0 Å². The number of hydrogen-bond donors (Lipinski definition) is 1. The first-order valence-electron chi connectivity index (χ1n) is 10.6. The van der Waals surface area contributed by atoms with Gasteiger partial charge in [-0.15, -0.1) is 0 Å². The Balaban J connectivity index is 1.62. The summed E-state index contributed by atoms with van der Waals surface area (Å²) in [6.07, 6.45) is 3.08. The highest BCUT2D eigenvalue weighted by molar-refractivity contribution is 9.10. The van der Waals surface area contributed by atoms with E-state index in [4.69, 9.17) is 0 Å². The van der Waals surface area contributed by atoms with Gasteiger partial charge in [0.05, 0.1) is 10.6 Å². The molecule has 4 nitrogen and oxygen atoms in total. The summed E-state index contributed by atoms with van der Waals surface area (Å²) in [5.41, 5.74) is 4.65. The zero-order valence-corrected chi connectivity index (χ0v) is 21.0. The van der Waals surface area contributed by atoms with Crippen molar-refractivity contribution in [2.75, 3.05) is 4.90 Å². The zero-order chi connectivity index (χ0) is 22.3. The molecule has 2 aliphatic heterocycles. The summed E-state index contributed by atoms with van der Waals surface area (Å²) in [4.78, 5) is 20.3. The molecule has 1 N–H and O–H groups in total. The number of carbonyl (C=O) groups excluding carboxylic acids is 1. The third kappa shape index (κ3) is 4.60. The molecule has 1 saturated heterocycles. The average Bonchev–Trinajstić information content (AvgIpc) is 3.02. The van der Waals surface area contributed by atoms with Gasteiger partial charge >= 0.3 is 0 Å². The van der Waals surface area contributed by atoms with Crippen LogP contribution >= 0.6 is 27.7 Å². The van der Waals surface area contributed by atoms with Gasteiger partial charge in [-0.05, 0) is 105 Å². The summed E-state index contributed by atoms with van der Waals surface area (Å²) in [5.74, 6) is 0.370. The number of hydrogen-bond acceptors (Lipinski definition) is 4. The molecule has 2 aromatic rings. The molecule has 1 fully saturated rings.